The predicted octanol–water partition coefficient (Wildman–Crippen LogP) is 6.28. The van der Waals surface area contributed by atoms with Crippen LogP contribution in [0.2, 0.25) is 0 Å². The first-order valence-electron chi connectivity index (χ1n) is 11.8. The van der Waals surface area contributed by atoms with Gasteiger partial charge in [0.1, 0.15) is 10.4 Å². The number of aliphatic carboxylic acids is 1. The second-order valence-electron chi connectivity index (χ2n) is 7.95. The second-order valence-corrected chi connectivity index (χ2v) is 9.63. The Labute approximate surface area is 206 Å². The lowest BCUT2D eigenvalue weighted by molar-refractivity contribution is -0.145. The van der Waals surface area contributed by atoms with Crippen LogP contribution in [-0.4, -0.2) is 45.5 Å². The summed E-state index contributed by atoms with van der Waals surface area (Å²) in [6.07, 6.45) is 9.90. The van der Waals surface area contributed by atoms with Crippen molar-refractivity contribution in [3.63, 3.8) is 0 Å². The average molecular weight is 494 g/mol. The minimum atomic E-state index is -1.04. The van der Waals surface area contributed by atoms with Crippen LogP contribution in [-0.2, 0) is 9.59 Å². The SMILES string of the molecule is CCCCCCCCOc1ccc(/C=C2/SC(=S)N([C@@H](CCC)C(=O)O)C2=O)cc1OCC. The van der Waals surface area contributed by atoms with Crippen LogP contribution in [0.15, 0.2) is 23.1 Å². The van der Waals surface area contributed by atoms with Crippen molar-refractivity contribution >= 4 is 46.3 Å². The minimum absolute atomic E-state index is 0.274. The number of unbranched alkanes of at least 4 members (excludes halogenated alkanes) is 5. The normalized spacial score (nSPS) is 15.8. The Morgan fingerprint density at radius 1 is 1.09 bits per heavy atom. The number of carboxylic acids is 1. The summed E-state index contributed by atoms with van der Waals surface area (Å²) in [4.78, 5) is 26.2. The lowest BCUT2D eigenvalue weighted by Gasteiger charge is -2.22. The van der Waals surface area contributed by atoms with E-state index in [0.717, 1.165) is 30.2 Å². The van der Waals surface area contributed by atoms with Crippen molar-refractivity contribution in [2.75, 3.05) is 13.2 Å². The van der Waals surface area contributed by atoms with E-state index in [9.17, 15) is 14.7 Å². The van der Waals surface area contributed by atoms with Crippen LogP contribution < -0.4 is 9.47 Å². The molecule has 1 aliphatic rings. The summed E-state index contributed by atoms with van der Waals surface area (Å²) in [5.41, 5.74) is 0.772. The van der Waals surface area contributed by atoms with Crippen molar-refractivity contribution in [2.24, 2.45) is 0 Å². The van der Waals surface area contributed by atoms with E-state index in [1.807, 2.05) is 32.0 Å². The largest absolute Gasteiger partial charge is 0.490 e. The Kier molecular flexibility index (Phi) is 11.7. The van der Waals surface area contributed by atoms with Gasteiger partial charge in [0.25, 0.3) is 5.91 Å². The highest BCUT2D eigenvalue weighted by atomic mass is 32.2. The van der Waals surface area contributed by atoms with Gasteiger partial charge in [-0.2, -0.15) is 0 Å². The van der Waals surface area contributed by atoms with Gasteiger partial charge >= 0.3 is 5.97 Å². The number of carbonyl (C=O) groups is 2. The third-order valence-electron chi connectivity index (χ3n) is 5.30. The van der Waals surface area contributed by atoms with Gasteiger partial charge in [0.05, 0.1) is 18.1 Å². The van der Waals surface area contributed by atoms with Crippen LogP contribution in [0.25, 0.3) is 6.08 Å². The van der Waals surface area contributed by atoms with Crippen molar-refractivity contribution in [2.45, 2.75) is 78.2 Å². The van der Waals surface area contributed by atoms with E-state index in [2.05, 4.69) is 6.92 Å². The number of thioether (sulfide) groups is 1. The topological polar surface area (TPSA) is 76.1 Å². The van der Waals surface area contributed by atoms with Crippen molar-refractivity contribution in [3.8, 4) is 11.5 Å². The molecule has 1 aromatic rings. The Balaban J connectivity index is 2.09. The van der Waals surface area contributed by atoms with Gasteiger partial charge in [-0.25, -0.2) is 4.79 Å². The van der Waals surface area contributed by atoms with Crippen LogP contribution in [0.1, 0.15) is 77.7 Å². The van der Waals surface area contributed by atoms with Crippen LogP contribution >= 0.6 is 24.0 Å². The molecule has 1 aliphatic heterocycles. The van der Waals surface area contributed by atoms with Gasteiger partial charge in [0.2, 0.25) is 0 Å². The maximum absolute atomic E-state index is 12.9. The number of carboxylic acid groups (broad SMARTS) is 1. The Bertz CT molecular complexity index is 855. The molecule has 182 valence electrons. The number of hydrogen-bond acceptors (Lipinski definition) is 6. The molecule has 6 nitrogen and oxygen atoms in total. The molecule has 1 atom stereocenters. The molecule has 0 bridgehead atoms. The minimum Gasteiger partial charge on any atom is -0.490 e. The van der Waals surface area contributed by atoms with Crippen LogP contribution in [0.3, 0.4) is 0 Å². The summed E-state index contributed by atoms with van der Waals surface area (Å²) in [6.45, 7) is 7.14. The highest BCUT2D eigenvalue weighted by molar-refractivity contribution is 8.26. The first kappa shape index (κ1) is 27.2. The highest BCUT2D eigenvalue weighted by Gasteiger charge is 2.39. The zero-order valence-electron chi connectivity index (χ0n) is 19.8. The third-order valence-corrected chi connectivity index (χ3v) is 6.63. The molecule has 0 radical (unpaired) electrons. The fourth-order valence-electron chi connectivity index (χ4n) is 3.60. The molecule has 0 unspecified atom stereocenters. The molecule has 1 heterocycles. The fourth-order valence-corrected chi connectivity index (χ4v) is 4.96. The Morgan fingerprint density at radius 3 is 2.48 bits per heavy atom. The average Bonchev–Trinajstić information content (AvgIpc) is 3.05. The predicted molar refractivity (Wildman–Crippen MR) is 138 cm³/mol. The van der Waals surface area contributed by atoms with Crippen molar-refractivity contribution in [1.29, 1.82) is 0 Å². The van der Waals surface area contributed by atoms with Crippen LogP contribution in [0.5, 0.6) is 11.5 Å². The van der Waals surface area contributed by atoms with Gasteiger partial charge in [0.15, 0.2) is 11.5 Å². The van der Waals surface area contributed by atoms with Gasteiger partial charge in [-0.05, 0) is 43.5 Å². The van der Waals surface area contributed by atoms with Crippen molar-refractivity contribution in [3.05, 3.63) is 28.7 Å². The number of rotatable bonds is 15. The quantitative estimate of drug-likeness (QED) is 0.175. The first-order valence-corrected chi connectivity index (χ1v) is 13.0. The molecule has 0 aromatic heterocycles. The van der Waals surface area contributed by atoms with E-state index in [1.54, 1.807) is 6.08 Å². The second kappa shape index (κ2) is 14.3. The molecule has 1 aromatic carbocycles. The van der Waals surface area contributed by atoms with Gasteiger partial charge in [-0.1, -0.05) is 82.4 Å². The Hall–Kier alpha value is -2.06. The number of amides is 1. The summed E-state index contributed by atoms with van der Waals surface area (Å²) in [7, 11) is 0. The van der Waals surface area contributed by atoms with E-state index in [1.165, 1.54) is 30.6 Å². The zero-order valence-corrected chi connectivity index (χ0v) is 21.4. The van der Waals surface area contributed by atoms with Gasteiger partial charge in [-0.15, -0.1) is 0 Å². The number of hydrogen-bond donors (Lipinski definition) is 1. The molecule has 0 aliphatic carbocycles. The summed E-state index contributed by atoms with van der Waals surface area (Å²) in [5.74, 6) is -0.0989. The number of carbonyl (C=O) groups excluding carboxylic acids is 1. The van der Waals surface area contributed by atoms with Gasteiger partial charge in [-0.3, -0.25) is 9.69 Å². The maximum Gasteiger partial charge on any atom is 0.326 e. The Morgan fingerprint density at radius 2 is 1.82 bits per heavy atom. The standard InChI is InChI=1S/C25H35NO5S2/c1-4-7-8-9-10-11-15-31-20-14-13-18(16-21(20)30-6-3)17-22-23(27)26(25(32)33-22)19(12-5-2)24(28)29/h13-14,16-17,19H,4-12,15H2,1-3H3,(H,28,29)/b22-17+/t19-/m0/s1. The summed E-state index contributed by atoms with van der Waals surface area (Å²) < 4.78 is 12.0. The van der Waals surface area contributed by atoms with Gasteiger partial charge < -0.3 is 14.6 Å². The third kappa shape index (κ3) is 8.03. The van der Waals surface area contributed by atoms with Crippen molar-refractivity contribution < 1.29 is 24.2 Å². The number of ether oxygens (including phenoxy) is 2. The van der Waals surface area contributed by atoms with Crippen LogP contribution in [0, 0.1) is 0 Å². The molecule has 1 fully saturated rings. The molecule has 0 saturated carbocycles. The molecular weight excluding hydrogens is 458 g/mol. The zero-order chi connectivity index (χ0) is 24.2. The summed E-state index contributed by atoms with van der Waals surface area (Å²) in [6, 6.07) is 4.62. The highest BCUT2D eigenvalue weighted by Crippen LogP contribution is 2.36. The van der Waals surface area contributed by atoms with E-state index in [0.29, 0.717) is 42.5 Å². The van der Waals surface area contributed by atoms with Gasteiger partial charge in [0, 0.05) is 0 Å². The summed E-state index contributed by atoms with van der Waals surface area (Å²) >= 11 is 6.45. The smallest absolute Gasteiger partial charge is 0.326 e. The molecule has 1 saturated heterocycles. The van der Waals surface area contributed by atoms with E-state index < -0.39 is 12.0 Å². The van der Waals surface area contributed by atoms with Crippen molar-refractivity contribution in [1.82, 2.24) is 4.90 Å². The van der Waals surface area contributed by atoms with Crippen LogP contribution in [0.4, 0.5) is 0 Å². The fraction of sp³-hybridized carbons (Fsp3) is 0.560. The number of nitrogens with zero attached hydrogens (tertiary/aromatic N) is 1. The van der Waals surface area contributed by atoms with E-state index in [4.69, 9.17) is 21.7 Å². The first-order chi connectivity index (χ1) is 15.9. The monoisotopic (exact) mass is 493 g/mol. The van der Waals surface area contributed by atoms with E-state index in [-0.39, 0.29) is 10.2 Å². The number of benzene rings is 1. The lowest BCUT2D eigenvalue weighted by atomic mass is 10.1. The lowest BCUT2D eigenvalue weighted by Crippen LogP contribution is -2.43. The maximum atomic E-state index is 12.9. The number of thiocarbonyl (C=S) groups is 1. The van der Waals surface area contributed by atoms with E-state index >= 15 is 0 Å². The molecule has 1 N–H and O–H groups in total. The molecule has 2 rings (SSSR count). The molecule has 1 amide bonds. The molecule has 8 heteroatoms. The molecule has 0 spiro atoms. The molecule has 33 heavy (non-hydrogen) atoms. The summed E-state index contributed by atoms with van der Waals surface area (Å²) in [5, 5.41) is 9.53. The molecular formula is C25H35NO5S2.